The van der Waals surface area contributed by atoms with Crippen LogP contribution in [0.5, 0.6) is 0 Å². The molecule has 1 aliphatic carbocycles. The highest BCUT2D eigenvalue weighted by Crippen LogP contribution is 2.26. The van der Waals surface area contributed by atoms with Gasteiger partial charge in [-0.15, -0.1) is 0 Å². The molecule has 1 aromatic carbocycles. The molecule has 1 aromatic rings. The van der Waals surface area contributed by atoms with Gasteiger partial charge in [-0.3, -0.25) is 0 Å². The van der Waals surface area contributed by atoms with Crippen molar-refractivity contribution in [2.24, 2.45) is 5.92 Å². The lowest BCUT2D eigenvalue weighted by Gasteiger charge is -2.28. The van der Waals surface area contributed by atoms with Crippen molar-refractivity contribution in [3.05, 3.63) is 35.9 Å². The smallest absolute Gasteiger partial charge is 0.0641 e. The molecule has 0 aromatic heterocycles. The van der Waals surface area contributed by atoms with Gasteiger partial charge in [0.1, 0.15) is 0 Å². The molecular formula is C14H18N2. The molecule has 1 N–H and O–H groups in total. The zero-order valence-corrected chi connectivity index (χ0v) is 9.52. The maximum absolute atomic E-state index is 8.84. The van der Waals surface area contributed by atoms with E-state index in [4.69, 9.17) is 5.26 Å². The molecule has 84 valence electrons. The van der Waals surface area contributed by atoms with Gasteiger partial charge in [-0.1, -0.05) is 36.8 Å². The Morgan fingerprint density at radius 2 is 2.06 bits per heavy atom. The monoisotopic (exact) mass is 214 g/mol. The van der Waals surface area contributed by atoms with E-state index in [-0.39, 0.29) is 6.04 Å². The third kappa shape index (κ3) is 2.84. The van der Waals surface area contributed by atoms with Crippen LogP contribution in [0.2, 0.25) is 0 Å². The Kier molecular flexibility index (Phi) is 3.96. The number of benzene rings is 1. The highest BCUT2D eigenvalue weighted by atomic mass is 14.9. The largest absolute Gasteiger partial charge is 0.309 e. The average molecular weight is 214 g/mol. The summed E-state index contributed by atoms with van der Waals surface area (Å²) in [7, 11) is 0. The van der Waals surface area contributed by atoms with Crippen LogP contribution in [-0.2, 0) is 0 Å². The van der Waals surface area contributed by atoms with Gasteiger partial charge in [0, 0.05) is 6.04 Å². The Morgan fingerprint density at radius 1 is 1.31 bits per heavy atom. The maximum atomic E-state index is 8.84. The van der Waals surface area contributed by atoms with Gasteiger partial charge in [0.2, 0.25) is 0 Å². The zero-order chi connectivity index (χ0) is 11.2. The van der Waals surface area contributed by atoms with E-state index in [0.717, 1.165) is 12.5 Å². The summed E-state index contributed by atoms with van der Waals surface area (Å²) in [4.78, 5) is 0. The molecular weight excluding hydrogens is 196 g/mol. The van der Waals surface area contributed by atoms with Crippen molar-refractivity contribution in [3.63, 3.8) is 0 Å². The predicted molar refractivity (Wildman–Crippen MR) is 64.8 cm³/mol. The van der Waals surface area contributed by atoms with Gasteiger partial charge < -0.3 is 5.32 Å². The second-order valence-electron chi connectivity index (χ2n) is 4.53. The Balaban J connectivity index is 1.91. The van der Waals surface area contributed by atoms with Crippen LogP contribution in [-0.4, -0.2) is 6.54 Å². The second kappa shape index (κ2) is 5.67. The van der Waals surface area contributed by atoms with E-state index in [2.05, 4.69) is 23.5 Å². The summed E-state index contributed by atoms with van der Waals surface area (Å²) in [5.74, 6) is 0.838. The van der Waals surface area contributed by atoms with Crippen LogP contribution < -0.4 is 5.32 Å². The lowest BCUT2D eigenvalue weighted by atomic mass is 9.85. The van der Waals surface area contributed by atoms with E-state index >= 15 is 0 Å². The molecule has 2 rings (SSSR count). The molecule has 0 bridgehead atoms. The quantitative estimate of drug-likeness (QED) is 0.817. The van der Waals surface area contributed by atoms with Gasteiger partial charge in [-0.05, 0) is 30.9 Å². The van der Waals surface area contributed by atoms with Crippen molar-refractivity contribution in [1.29, 1.82) is 5.26 Å². The van der Waals surface area contributed by atoms with E-state index in [0.29, 0.717) is 6.42 Å². The highest BCUT2D eigenvalue weighted by Gasteiger charge is 2.19. The topological polar surface area (TPSA) is 35.8 Å². The van der Waals surface area contributed by atoms with Crippen LogP contribution in [0, 0.1) is 17.2 Å². The van der Waals surface area contributed by atoms with Crippen molar-refractivity contribution in [1.82, 2.24) is 5.32 Å². The van der Waals surface area contributed by atoms with Crippen LogP contribution in [0.3, 0.4) is 0 Å². The second-order valence-corrected chi connectivity index (χ2v) is 4.53. The summed E-state index contributed by atoms with van der Waals surface area (Å²) in [6.45, 7) is 1.06. The molecule has 1 atom stereocenters. The highest BCUT2D eigenvalue weighted by molar-refractivity contribution is 5.19. The number of hydrogen-bond acceptors (Lipinski definition) is 2. The first-order valence-electron chi connectivity index (χ1n) is 6.05. The molecule has 2 nitrogen and oxygen atoms in total. The van der Waals surface area contributed by atoms with E-state index in [9.17, 15) is 0 Å². The number of hydrogen-bond donors (Lipinski definition) is 1. The minimum atomic E-state index is 0.201. The number of rotatable bonds is 5. The van der Waals surface area contributed by atoms with Crippen molar-refractivity contribution in [3.8, 4) is 6.07 Å². The van der Waals surface area contributed by atoms with Gasteiger partial charge >= 0.3 is 0 Å². The summed E-state index contributed by atoms with van der Waals surface area (Å²) in [5, 5.41) is 12.4. The molecule has 0 aliphatic heterocycles. The van der Waals surface area contributed by atoms with Crippen LogP contribution in [0.25, 0.3) is 0 Å². The fourth-order valence-corrected chi connectivity index (χ4v) is 2.09. The molecule has 0 spiro atoms. The van der Waals surface area contributed by atoms with Crippen LogP contribution in [0.4, 0.5) is 0 Å². The summed E-state index contributed by atoms with van der Waals surface area (Å²) in [5.41, 5.74) is 1.23. The summed E-state index contributed by atoms with van der Waals surface area (Å²) < 4.78 is 0. The third-order valence-electron chi connectivity index (χ3n) is 3.38. The summed E-state index contributed by atoms with van der Waals surface area (Å²) in [6, 6.07) is 12.7. The molecule has 1 unspecified atom stereocenters. The van der Waals surface area contributed by atoms with E-state index in [1.54, 1.807) is 0 Å². The van der Waals surface area contributed by atoms with Gasteiger partial charge in [-0.2, -0.15) is 5.26 Å². The van der Waals surface area contributed by atoms with Gasteiger partial charge in [0.15, 0.2) is 0 Å². The Bertz CT molecular complexity index is 349. The Labute approximate surface area is 97.3 Å². The molecule has 0 heterocycles. The van der Waals surface area contributed by atoms with Crippen molar-refractivity contribution < 1.29 is 0 Å². The number of nitrogens with zero attached hydrogens (tertiary/aromatic N) is 1. The Morgan fingerprint density at radius 3 is 2.62 bits per heavy atom. The molecule has 0 radical (unpaired) electrons. The van der Waals surface area contributed by atoms with Crippen LogP contribution >= 0.6 is 0 Å². The zero-order valence-electron chi connectivity index (χ0n) is 9.52. The first-order valence-corrected chi connectivity index (χ1v) is 6.05. The van der Waals surface area contributed by atoms with Crippen LogP contribution in [0.1, 0.15) is 37.3 Å². The van der Waals surface area contributed by atoms with Crippen molar-refractivity contribution >= 4 is 0 Å². The lowest BCUT2D eigenvalue weighted by Crippen LogP contribution is -2.30. The molecule has 16 heavy (non-hydrogen) atoms. The van der Waals surface area contributed by atoms with Crippen molar-refractivity contribution in [2.45, 2.75) is 31.7 Å². The molecule has 1 aliphatic rings. The van der Waals surface area contributed by atoms with E-state index < -0.39 is 0 Å². The van der Waals surface area contributed by atoms with Gasteiger partial charge in [0.05, 0.1) is 12.5 Å². The minimum absolute atomic E-state index is 0.201. The number of nitrogens with one attached hydrogen (secondary N) is 1. The molecule has 1 saturated carbocycles. The first kappa shape index (κ1) is 11.2. The normalized spacial score (nSPS) is 17.4. The molecule has 0 saturated heterocycles. The Hall–Kier alpha value is -1.33. The van der Waals surface area contributed by atoms with Gasteiger partial charge in [0.25, 0.3) is 0 Å². The molecule has 2 heteroatoms. The first-order chi connectivity index (χ1) is 7.90. The predicted octanol–water partition coefficient (Wildman–Crippen LogP) is 3.03. The average Bonchev–Trinajstić information content (AvgIpc) is 2.27. The van der Waals surface area contributed by atoms with E-state index in [1.165, 1.54) is 24.8 Å². The number of nitriles is 1. The van der Waals surface area contributed by atoms with Gasteiger partial charge in [-0.25, -0.2) is 0 Å². The third-order valence-corrected chi connectivity index (χ3v) is 3.38. The summed E-state index contributed by atoms with van der Waals surface area (Å²) >= 11 is 0. The van der Waals surface area contributed by atoms with E-state index in [1.807, 2.05) is 18.2 Å². The lowest BCUT2D eigenvalue weighted by molar-refractivity contribution is 0.290. The maximum Gasteiger partial charge on any atom is 0.0641 e. The fraction of sp³-hybridized carbons (Fsp3) is 0.500. The summed E-state index contributed by atoms with van der Waals surface area (Å²) in [6.07, 6.45) is 4.62. The SMILES string of the molecule is N#CCC(NCC1CCC1)c1ccccc1. The molecule has 0 amide bonds. The minimum Gasteiger partial charge on any atom is -0.309 e. The standard InChI is InChI=1S/C14H18N2/c15-10-9-14(13-7-2-1-3-8-13)16-11-12-5-4-6-12/h1-3,7-8,12,14,16H,4-6,9,11H2. The van der Waals surface area contributed by atoms with Crippen molar-refractivity contribution in [2.75, 3.05) is 6.54 Å². The fourth-order valence-electron chi connectivity index (χ4n) is 2.09. The molecule has 1 fully saturated rings. The van der Waals surface area contributed by atoms with Crippen LogP contribution in [0.15, 0.2) is 30.3 Å².